The van der Waals surface area contributed by atoms with Gasteiger partial charge in [0, 0.05) is 32.1 Å². The monoisotopic (exact) mass is 548 g/mol. The van der Waals surface area contributed by atoms with Gasteiger partial charge >= 0.3 is 0 Å². The molecule has 0 saturated heterocycles. The van der Waals surface area contributed by atoms with E-state index < -0.39 is 0 Å². The maximum absolute atomic E-state index is 8.48. The zero-order valence-corrected chi connectivity index (χ0v) is 19.1. The minimum absolute atomic E-state index is 0. The molecule has 0 fully saturated rings. The summed E-state index contributed by atoms with van der Waals surface area (Å²) in [4.78, 5) is 4.45. The number of aromatic nitrogens is 1. The zero-order valence-electron chi connectivity index (χ0n) is 16.7. The Balaban J connectivity index is 0.000000425. The van der Waals surface area contributed by atoms with Crippen LogP contribution in [0.5, 0.6) is 0 Å². The summed E-state index contributed by atoms with van der Waals surface area (Å²) >= 11 is 0. The molecule has 3 rings (SSSR count). The van der Waals surface area contributed by atoms with E-state index in [1.54, 1.807) is 13.8 Å². The van der Waals surface area contributed by atoms with Crippen LogP contribution in [0.25, 0.3) is 22.4 Å². The molecule has 2 nitrogen and oxygen atoms in total. The van der Waals surface area contributed by atoms with Gasteiger partial charge in [-0.05, 0) is 49.2 Å². The maximum atomic E-state index is 8.48. The molecule has 1 N–H and O–H groups in total. The van der Waals surface area contributed by atoms with Crippen LogP contribution in [-0.2, 0) is 20.1 Å². The van der Waals surface area contributed by atoms with Gasteiger partial charge in [-0.15, -0.1) is 35.9 Å². The van der Waals surface area contributed by atoms with Gasteiger partial charge in [0.1, 0.15) is 0 Å². The maximum Gasteiger partial charge on any atom is 0.0166 e. The van der Waals surface area contributed by atoms with E-state index in [0.717, 1.165) is 11.3 Å². The molecule has 1 radical (unpaired) electrons. The first-order valence-corrected chi connectivity index (χ1v) is 8.84. The van der Waals surface area contributed by atoms with Crippen molar-refractivity contribution in [2.24, 2.45) is 0 Å². The summed E-state index contributed by atoms with van der Waals surface area (Å²) in [5.74, 6) is 0.250. The summed E-state index contributed by atoms with van der Waals surface area (Å²) in [5.41, 5.74) is 7.65. The molecule has 0 atom stereocenters. The number of aryl methyl sites for hydroxylation is 2. The van der Waals surface area contributed by atoms with E-state index >= 15 is 0 Å². The molecule has 0 saturated carbocycles. The average Bonchev–Trinajstić information content (AvgIpc) is 2.62. The molecule has 1 heterocycles. The third-order valence-electron chi connectivity index (χ3n) is 3.87. The summed E-state index contributed by atoms with van der Waals surface area (Å²) in [6.45, 7) is 12.7. The molecule has 0 spiro atoms. The van der Waals surface area contributed by atoms with Gasteiger partial charge in [-0.3, -0.25) is 6.58 Å². The van der Waals surface area contributed by atoms with Crippen molar-refractivity contribution in [1.29, 1.82) is 0 Å². The Bertz CT molecular complexity index is 942. The van der Waals surface area contributed by atoms with E-state index in [1.165, 1.54) is 28.3 Å². The van der Waals surface area contributed by atoms with Crippen molar-refractivity contribution in [1.82, 2.24) is 4.98 Å². The SMILES string of the molecule is Cc1ccc(-c2ccnc(-c3[c-]cccc3)c2)c(C)c1.[CH-]=C(C)/C=C(/C)O.[Ir]. The Morgan fingerprint density at radius 3 is 2.36 bits per heavy atom. The van der Waals surface area contributed by atoms with Gasteiger partial charge in [0.25, 0.3) is 0 Å². The van der Waals surface area contributed by atoms with Crippen molar-refractivity contribution in [3.05, 3.63) is 102 Å². The number of benzene rings is 2. The Labute approximate surface area is 182 Å². The van der Waals surface area contributed by atoms with Crippen LogP contribution in [0.3, 0.4) is 0 Å². The van der Waals surface area contributed by atoms with Crippen LogP contribution in [0.1, 0.15) is 25.0 Å². The predicted molar refractivity (Wildman–Crippen MR) is 113 cm³/mol. The van der Waals surface area contributed by atoms with Crippen LogP contribution < -0.4 is 0 Å². The molecule has 3 aromatic rings. The number of nitrogens with zero attached hydrogens (tertiary/aromatic N) is 1. The van der Waals surface area contributed by atoms with Gasteiger partial charge in [-0.25, -0.2) is 5.57 Å². The average molecular weight is 548 g/mol. The van der Waals surface area contributed by atoms with E-state index in [0.29, 0.717) is 5.57 Å². The molecule has 0 bridgehead atoms. The number of aliphatic hydroxyl groups is 1. The normalized spacial score (nSPS) is 10.4. The van der Waals surface area contributed by atoms with E-state index in [1.807, 2.05) is 30.5 Å². The van der Waals surface area contributed by atoms with Crippen LogP contribution in [-0.4, -0.2) is 10.1 Å². The van der Waals surface area contributed by atoms with E-state index in [2.05, 4.69) is 55.2 Å². The number of pyridine rings is 1. The molecule has 0 unspecified atom stereocenters. The number of hydrogen-bond donors (Lipinski definition) is 1. The Kier molecular flexibility index (Phi) is 9.58. The smallest absolute Gasteiger partial charge is 0.0166 e. The van der Waals surface area contributed by atoms with Crippen molar-refractivity contribution in [2.45, 2.75) is 27.7 Å². The van der Waals surface area contributed by atoms with Crippen LogP contribution >= 0.6 is 0 Å². The second-order valence-electron chi connectivity index (χ2n) is 6.55. The van der Waals surface area contributed by atoms with Gasteiger partial charge in [-0.2, -0.15) is 6.08 Å². The van der Waals surface area contributed by atoms with Crippen molar-refractivity contribution in [3.63, 3.8) is 0 Å². The molecule has 1 aromatic heterocycles. The molecule has 3 heteroatoms. The third-order valence-corrected chi connectivity index (χ3v) is 3.87. The first kappa shape index (κ1) is 23.6. The van der Waals surface area contributed by atoms with Crippen molar-refractivity contribution < 1.29 is 25.2 Å². The Morgan fingerprint density at radius 1 is 1.07 bits per heavy atom. The van der Waals surface area contributed by atoms with Gasteiger partial charge in [0.15, 0.2) is 0 Å². The van der Waals surface area contributed by atoms with Gasteiger partial charge in [-0.1, -0.05) is 36.8 Å². The van der Waals surface area contributed by atoms with Crippen molar-refractivity contribution in [2.75, 3.05) is 0 Å². The molecular formula is C25H25IrNO-2. The molecule has 2 aromatic carbocycles. The molecule has 0 amide bonds. The number of rotatable bonds is 3. The fraction of sp³-hybridized carbons (Fsp3) is 0.160. The Hall–Kier alpha value is -2.48. The molecule has 0 aliphatic carbocycles. The minimum Gasteiger partial charge on any atom is -0.531 e. The van der Waals surface area contributed by atoms with E-state index in [9.17, 15) is 0 Å². The summed E-state index contributed by atoms with van der Waals surface area (Å²) < 4.78 is 0. The number of allylic oxidation sites excluding steroid dienone is 3. The molecule has 0 aliphatic rings. The summed E-state index contributed by atoms with van der Waals surface area (Å²) in [6.07, 6.45) is 3.37. The number of aliphatic hydroxyl groups excluding tert-OH is 1. The van der Waals surface area contributed by atoms with E-state index in [-0.39, 0.29) is 25.9 Å². The summed E-state index contributed by atoms with van der Waals surface area (Å²) in [7, 11) is 0. The largest absolute Gasteiger partial charge is 0.531 e. The zero-order chi connectivity index (χ0) is 19.8. The second-order valence-corrected chi connectivity index (χ2v) is 6.55. The topological polar surface area (TPSA) is 33.1 Å². The summed E-state index contributed by atoms with van der Waals surface area (Å²) in [6, 6.07) is 21.9. The fourth-order valence-corrected chi connectivity index (χ4v) is 2.77. The standard InChI is InChI=1S/C19H16N.C6H9O.Ir/c1-14-8-9-18(15(2)12-14)17-10-11-20-19(13-17)16-6-4-3-5-7-16;1-5(2)4-6(3)7;/h3-6,8-13H,1-2H3;1,4,7H,2-3H3;/q2*-1;/b;6-4-;. The molecular weight excluding hydrogens is 522 g/mol. The molecule has 147 valence electrons. The third kappa shape index (κ3) is 7.26. The van der Waals surface area contributed by atoms with Crippen LogP contribution in [0.4, 0.5) is 0 Å². The first-order valence-electron chi connectivity index (χ1n) is 8.84. The fourth-order valence-electron chi connectivity index (χ4n) is 2.77. The van der Waals surface area contributed by atoms with Crippen molar-refractivity contribution >= 4 is 0 Å². The number of hydrogen-bond acceptors (Lipinski definition) is 2. The van der Waals surface area contributed by atoms with Crippen LogP contribution in [0.2, 0.25) is 0 Å². The molecule has 28 heavy (non-hydrogen) atoms. The first-order chi connectivity index (χ1) is 12.9. The van der Waals surface area contributed by atoms with Crippen LogP contribution in [0, 0.1) is 26.5 Å². The van der Waals surface area contributed by atoms with Gasteiger partial charge in [0.05, 0.1) is 0 Å². The Morgan fingerprint density at radius 2 is 1.82 bits per heavy atom. The van der Waals surface area contributed by atoms with Gasteiger partial charge in [0.2, 0.25) is 0 Å². The quantitative estimate of drug-likeness (QED) is 0.226. The second kappa shape index (κ2) is 11.4. The summed E-state index contributed by atoms with van der Waals surface area (Å²) in [5, 5.41) is 8.48. The minimum atomic E-state index is 0. The van der Waals surface area contributed by atoms with Gasteiger partial charge < -0.3 is 10.1 Å². The predicted octanol–water partition coefficient (Wildman–Crippen LogP) is 6.66. The van der Waals surface area contributed by atoms with Crippen molar-refractivity contribution in [3.8, 4) is 22.4 Å². The van der Waals surface area contributed by atoms with Crippen LogP contribution in [0.15, 0.2) is 78.2 Å². The van der Waals surface area contributed by atoms with E-state index in [4.69, 9.17) is 11.7 Å². The molecule has 0 aliphatic heterocycles.